The predicted octanol–water partition coefficient (Wildman–Crippen LogP) is 3.45. The minimum absolute atomic E-state index is 0.0385. The summed E-state index contributed by atoms with van der Waals surface area (Å²) in [4.78, 5) is 4.13. The summed E-state index contributed by atoms with van der Waals surface area (Å²) in [6, 6.07) is 3.46. The SMILES string of the molecule is CC(CO[Si](C)(C)C(C)(C)C)Oc1cc(N)ccn1. The van der Waals surface area contributed by atoms with Crippen LogP contribution in [0.4, 0.5) is 5.69 Å². The molecule has 1 heterocycles. The average molecular weight is 282 g/mol. The molecule has 0 radical (unpaired) electrons. The Morgan fingerprint density at radius 2 is 2.00 bits per heavy atom. The van der Waals surface area contributed by atoms with Crippen LogP contribution in [0.2, 0.25) is 18.1 Å². The second-order valence-corrected chi connectivity index (χ2v) is 11.2. The van der Waals surface area contributed by atoms with Gasteiger partial charge in [0.15, 0.2) is 8.32 Å². The fraction of sp³-hybridized carbons (Fsp3) is 0.643. The highest BCUT2D eigenvalue weighted by Gasteiger charge is 2.37. The zero-order valence-electron chi connectivity index (χ0n) is 12.9. The molecule has 2 N–H and O–H groups in total. The number of anilines is 1. The Hall–Kier alpha value is -1.07. The molecule has 108 valence electrons. The van der Waals surface area contributed by atoms with E-state index >= 15 is 0 Å². The molecule has 1 atom stereocenters. The van der Waals surface area contributed by atoms with E-state index in [1.54, 1.807) is 18.3 Å². The Labute approximate surface area is 117 Å². The van der Waals surface area contributed by atoms with Gasteiger partial charge in [-0.25, -0.2) is 4.98 Å². The van der Waals surface area contributed by atoms with Crippen molar-refractivity contribution in [3.05, 3.63) is 18.3 Å². The molecule has 0 aliphatic heterocycles. The van der Waals surface area contributed by atoms with E-state index in [4.69, 9.17) is 14.9 Å². The monoisotopic (exact) mass is 282 g/mol. The van der Waals surface area contributed by atoms with Gasteiger partial charge in [-0.2, -0.15) is 0 Å². The fourth-order valence-corrected chi connectivity index (χ4v) is 2.36. The van der Waals surface area contributed by atoms with Crippen molar-refractivity contribution < 1.29 is 9.16 Å². The number of hydrogen-bond donors (Lipinski definition) is 1. The third kappa shape index (κ3) is 4.84. The van der Waals surface area contributed by atoms with E-state index in [0.717, 1.165) is 0 Å². The average Bonchev–Trinajstić information content (AvgIpc) is 2.25. The maximum atomic E-state index is 6.11. The number of nitrogens with zero attached hydrogens (tertiary/aromatic N) is 1. The number of hydrogen-bond acceptors (Lipinski definition) is 4. The van der Waals surface area contributed by atoms with Gasteiger partial charge in [0.05, 0.1) is 6.61 Å². The maximum absolute atomic E-state index is 6.11. The normalized spacial score (nSPS) is 14.2. The third-order valence-electron chi connectivity index (χ3n) is 3.57. The Morgan fingerprint density at radius 1 is 1.37 bits per heavy atom. The van der Waals surface area contributed by atoms with Crippen LogP contribution in [-0.4, -0.2) is 26.0 Å². The number of nitrogen functional groups attached to an aromatic ring is 1. The van der Waals surface area contributed by atoms with E-state index < -0.39 is 8.32 Å². The molecule has 0 fully saturated rings. The Bertz CT molecular complexity index is 416. The molecule has 0 bridgehead atoms. The first kappa shape index (κ1) is 16.0. The van der Waals surface area contributed by atoms with Crippen molar-refractivity contribution in [1.29, 1.82) is 0 Å². The molecule has 0 aromatic carbocycles. The van der Waals surface area contributed by atoms with E-state index in [-0.39, 0.29) is 11.1 Å². The number of aromatic nitrogens is 1. The molecule has 1 unspecified atom stereocenters. The molecule has 19 heavy (non-hydrogen) atoms. The van der Waals surface area contributed by atoms with E-state index in [1.807, 2.05) is 6.92 Å². The van der Waals surface area contributed by atoms with Gasteiger partial charge in [-0.15, -0.1) is 0 Å². The second-order valence-electron chi connectivity index (χ2n) is 6.43. The van der Waals surface area contributed by atoms with Gasteiger partial charge in [0.2, 0.25) is 5.88 Å². The van der Waals surface area contributed by atoms with Gasteiger partial charge in [-0.1, -0.05) is 20.8 Å². The van der Waals surface area contributed by atoms with E-state index in [1.165, 1.54) is 0 Å². The fourth-order valence-electron chi connectivity index (χ4n) is 1.27. The molecule has 0 saturated heterocycles. The van der Waals surface area contributed by atoms with Gasteiger partial charge in [-0.05, 0) is 31.1 Å². The van der Waals surface area contributed by atoms with Crippen molar-refractivity contribution >= 4 is 14.0 Å². The third-order valence-corrected chi connectivity index (χ3v) is 8.07. The van der Waals surface area contributed by atoms with Gasteiger partial charge in [0.25, 0.3) is 0 Å². The zero-order valence-corrected chi connectivity index (χ0v) is 13.9. The Kier molecular flexibility index (Phi) is 4.98. The number of pyridine rings is 1. The molecule has 0 saturated carbocycles. The molecule has 1 aromatic heterocycles. The second kappa shape index (κ2) is 5.92. The Balaban J connectivity index is 2.51. The van der Waals surface area contributed by atoms with Crippen molar-refractivity contribution in [3.8, 4) is 5.88 Å². The lowest BCUT2D eigenvalue weighted by Crippen LogP contribution is -2.43. The summed E-state index contributed by atoms with van der Waals surface area (Å²) in [7, 11) is -1.72. The van der Waals surface area contributed by atoms with Crippen molar-refractivity contribution in [1.82, 2.24) is 4.98 Å². The maximum Gasteiger partial charge on any atom is 0.215 e. The summed E-state index contributed by atoms with van der Waals surface area (Å²) in [6.07, 6.45) is 1.61. The number of nitrogens with two attached hydrogens (primary N) is 1. The highest BCUT2D eigenvalue weighted by atomic mass is 28.4. The van der Waals surface area contributed by atoms with E-state index in [9.17, 15) is 0 Å². The zero-order chi connectivity index (χ0) is 14.7. The van der Waals surface area contributed by atoms with Crippen LogP contribution in [0.25, 0.3) is 0 Å². The largest absolute Gasteiger partial charge is 0.472 e. The van der Waals surface area contributed by atoms with Gasteiger partial charge in [0, 0.05) is 18.0 Å². The van der Waals surface area contributed by atoms with Crippen LogP contribution in [-0.2, 0) is 4.43 Å². The summed E-state index contributed by atoms with van der Waals surface area (Å²) >= 11 is 0. The molecule has 5 heteroatoms. The van der Waals surface area contributed by atoms with Gasteiger partial charge < -0.3 is 14.9 Å². The van der Waals surface area contributed by atoms with Crippen molar-refractivity contribution in [2.75, 3.05) is 12.3 Å². The van der Waals surface area contributed by atoms with Crippen molar-refractivity contribution in [2.24, 2.45) is 0 Å². The highest BCUT2D eigenvalue weighted by Crippen LogP contribution is 2.36. The van der Waals surface area contributed by atoms with Crippen LogP contribution in [0.1, 0.15) is 27.7 Å². The van der Waals surface area contributed by atoms with Gasteiger partial charge in [-0.3, -0.25) is 0 Å². The molecular weight excluding hydrogens is 256 g/mol. The van der Waals surface area contributed by atoms with E-state index in [2.05, 4.69) is 38.8 Å². The quantitative estimate of drug-likeness (QED) is 0.840. The molecular formula is C14H26N2O2Si. The van der Waals surface area contributed by atoms with Crippen LogP contribution in [0.5, 0.6) is 5.88 Å². The first-order valence-corrected chi connectivity index (χ1v) is 9.55. The van der Waals surface area contributed by atoms with Crippen LogP contribution in [0.3, 0.4) is 0 Å². The lowest BCUT2D eigenvalue weighted by Gasteiger charge is -2.36. The van der Waals surface area contributed by atoms with Crippen LogP contribution in [0, 0.1) is 0 Å². The Morgan fingerprint density at radius 3 is 2.53 bits per heavy atom. The smallest absolute Gasteiger partial charge is 0.215 e. The summed E-state index contributed by atoms with van der Waals surface area (Å²) < 4.78 is 11.8. The molecule has 1 aromatic rings. The van der Waals surface area contributed by atoms with E-state index in [0.29, 0.717) is 18.2 Å². The summed E-state index contributed by atoms with van der Waals surface area (Å²) in [5.41, 5.74) is 6.35. The van der Waals surface area contributed by atoms with Crippen molar-refractivity contribution in [3.63, 3.8) is 0 Å². The standard InChI is InChI=1S/C14H26N2O2Si/c1-11(10-17-19(5,6)14(2,3)4)18-13-9-12(15)7-8-16-13/h7-9,11H,10H2,1-6H3,(H2,15,16). The van der Waals surface area contributed by atoms with Gasteiger partial charge >= 0.3 is 0 Å². The minimum Gasteiger partial charge on any atom is -0.472 e. The lowest BCUT2D eigenvalue weighted by atomic mass is 10.2. The summed E-state index contributed by atoms with van der Waals surface area (Å²) in [5, 5.41) is 0.210. The highest BCUT2D eigenvalue weighted by molar-refractivity contribution is 6.74. The summed E-state index contributed by atoms with van der Waals surface area (Å²) in [6.45, 7) is 13.7. The molecule has 4 nitrogen and oxygen atoms in total. The summed E-state index contributed by atoms with van der Waals surface area (Å²) in [5.74, 6) is 0.548. The molecule has 1 rings (SSSR count). The number of ether oxygens (including phenoxy) is 1. The van der Waals surface area contributed by atoms with Crippen molar-refractivity contribution in [2.45, 2.75) is 51.9 Å². The van der Waals surface area contributed by atoms with Crippen LogP contribution >= 0.6 is 0 Å². The molecule has 0 spiro atoms. The first-order chi connectivity index (χ1) is 8.62. The topological polar surface area (TPSA) is 57.4 Å². The van der Waals surface area contributed by atoms with Gasteiger partial charge in [0.1, 0.15) is 6.10 Å². The minimum atomic E-state index is -1.72. The van der Waals surface area contributed by atoms with Crippen LogP contribution in [0.15, 0.2) is 18.3 Å². The molecule has 0 amide bonds. The van der Waals surface area contributed by atoms with Crippen LogP contribution < -0.4 is 10.5 Å². The molecule has 0 aliphatic carbocycles. The number of rotatable bonds is 5. The lowest BCUT2D eigenvalue weighted by molar-refractivity contribution is 0.129. The first-order valence-electron chi connectivity index (χ1n) is 6.64. The predicted molar refractivity (Wildman–Crippen MR) is 81.9 cm³/mol. The molecule has 0 aliphatic rings.